The first-order chi connectivity index (χ1) is 9.91. The van der Waals surface area contributed by atoms with Crippen LogP contribution in [0.3, 0.4) is 0 Å². The second-order valence-electron chi connectivity index (χ2n) is 3.41. The third-order valence-corrected chi connectivity index (χ3v) is 1.97. The van der Waals surface area contributed by atoms with Crippen LogP contribution in [0.5, 0.6) is 0 Å². The second-order valence-corrected chi connectivity index (χ2v) is 3.41. The first-order valence-corrected chi connectivity index (χ1v) is 5.34. The smallest absolute Gasteiger partial charge is 0.356 e. The fourth-order valence-electron chi connectivity index (χ4n) is 1.08. The maximum atomic E-state index is 10.3. The molecule has 108 valence electrons. The monoisotopic (exact) mass is 291 g/mol. The second kappa shape index (κ2) is 7.28. The zero-order valence-corrected chi connectivity index (χ0v) is 10.4. The van der Waals surface area contributed by atoms with Crippen LogP contribution < -0.4 is 0 Å². The highest BCUT2D eigenvalue weighted by Gasteiger charge is 2.08. The molecule has 9 heteroatoms. The van der Waals surface area contributed by atoms with Crippen molar-refractivity contribution >= 4 is 17.9 Å². The summed E-state index contributed by atoms with van der Waals surface area (Å²) in [5.74, 6) is -3.53. The van der Waals surface area contributed by atoms with E-state index < -0.39 is 17.9 Å². The van der Waals surface area contributed by atoms with Gasteiger partial charge in [-0.1, -0.05) is 6.07 Å². The van der Waals surface area contributed by atoms with Crippen molar-refractivity contribution in [1.82, 2.24) is 15.0 Å². The van der Waals surface area contributed by atoms with E-state index in [0.29, 0.717) is 0 Å². The maximum Gasteiger partial charge on any atom is 0.356 e. The Morgan fingerprint density at radius 1 is 0.810 bits per heavy atom. The molecule has 2 rings (SSSR count). The van der Waals surface area contributed by atoms with Gasteiger partial charge in [-0.3, -0.25) is 4.98 Å². The summed E-state index contributed by atoms with van der Waals surface area (Å²) >= 11 is 0. The number of hydrogen-bond acceptors (Lipinski definition) is 6. The molecule has 0 saturated carbocycles. The number of pyridine rings is 1. The van der Waals surface area contributed by atoms with Gasteiger partial charge in [0.15, 0.2) is 5.69 Å². The van der Waals surface area contributed by atoms with E-state index in [0.717, 1.165) is 0 Å². The summed E-state index contributed by atoms with van der Waals surface area (Å²) in [6, 6.07) is 3.80. The zero-order valence-electron chi connectivity index (χ0n) is 10.4. The molecule has 9 nitrogen and oxygen atoms in total. The third-order valence-electron chi connectivity index (χ3n) is 1.97. The number of carboxylic acid groups (broad SMARTS) is 3. The Morgan fingerprint density at radius 2 is 1.33 bits per heavy atom. The molecule has 2 aromatic rings. The Kier molecular flexibility index (Phi) is 5.44. The van der Waals surface area contributed by atoms with Gasteiger partial charge in [-0.05, 0) is 12.1 Å². The molecule has 3 N–H and O–H groups in total. The molecule has 0 radical (unpaired) electrons. The topological polar surface area (TPSA) is 151 Å². The van der Waals surface area contributed by atoms with Gasteiger partial charge in [0.1, 0.15) is 11.4 Å². The summed E-state index contributed by atoms with van der Waals surface area (Å²) in [5, 5.41) is 25.2. The molecule has 0 aliphatic carbocycles. The van der Waals surface area contributed by atoms with Gasteiger partial charge in [0.25, 0.3) is 0 Å². The van der Waals surface area contributed by atoms with E-state index in [4.69, 9.17) is 15.3 Å². The number of carboxylic acids is 3. The van der Waals surface area contributed by atoms with Crippen LogP contribution in [-0.2, 0) is 0 Å². The van der Waals surface area contributed by atoms with E-state index >= 15 is 0 Å². The quantitative estimate of drug-likeness (QED) is 0.740. The molecular formula is C12H9N3O6. The summed E-state index contributed by atoms with van der Waals surface area (Å²) < 4.78 is 0. The highest BCUT2D eigenvalue weighted by molar-refractivity contribution is 5.89. The summed E-state index contributed by atoms with van der Waals surface area (Å²) in [6.07, 6.45) is 3.96. The van der Waals surface area contributed by atoms with Crippen LogP contribution in [0, 0.1) is 0 Å². The van der Waals surface area contributed by atoms with Gasteiger partial charge in [0, 0.05) is 12.4 Å². The van der Waals surface area contributed by atoms with Gasteiger partial charge in [-0.15, -0.1) is 0 Å². The Balaban J connectivity index is 0.000000219. The number of hydrogen-bond donors (Lipinski definition) is 3. The molecule has 0 saturated heterocycles. The molecule has 0 aromatic carbocycles. The highest BCUT2D eigenvalue weighted by atomic mass is 16.4. The molecular weight excluding hydrogens is 282 g/mol. The first kappa shape index (κ1) is 15.7. The van der Waals surface area contributed by atoms with Crippen LogP contribution in [0.4, 0.5) is 0 Å². The predicted octanol–water partition coefficient (Wildman–Crippen LogP) is 0.653. The van der Waals surface area contributed by atoms with Crippen molar-refractivity contribution < 1.29 is 29.7 Å². The van der Waals surface area contributed by atoms with Gasteiger partial charge in [-0.2, -0.15) is 0 Å². The summed E-state index contributed by atoms with van der Waals surface area (Å²) in [5.41, 5.74) is -0.567. The third kappa shape index (κ3) is 5.03. The molecule has 0 fully saturated rings. The molecule has 0 bridgehead atoms. The molecule has 0 aliphatic heterocycles. The molecule has 0 atom stereocenters. The SMILES string of the molecule is O=C(O)c1cccc(C(=O)O)n1.O=C(O)c1cnccn1. The van der Waals surface area contributed by atoms with Gasteiger partial charge in [0.05, 0.1) is 6.20 Å². The molecule has 2 heterocycles. The maximum absolute atomic E-state index is 10.3. The van der Waals surface area contributed by atoms with E-state index in [1.165, 1.54) is 36.8 Å². The summed E-state index contributed by atoms with van der Waals surface area (Å²) in [7, 11) is 0. The van der Waals surface area contributed by atoms with Crippen molar-refractivity contribution in [3.05, 3.63) is 53.9 Å². The predicted molar refractivity (Wildman–Crippen MR) is 67.1 cm³/mol. The van der Waals surface area contributed by atoms with E-state index in [9.17, 15) is 14.4 Å². The van der Waals surface area contributed by atoms with E-state index in [1.54, 1.807) is 0 Å². The van der Waals surface area contributed by atoms with Gasteiger partial charge < -0.3 is 15.3 Å². The standard InChI is InChI=1S/C7H5NO4.C5H4N2O2/c9-6(10)4-2-1-3-5(8-4)7(11)12;8-5(9)4-3-6-1-2-7-4/h1-3H,(H,9,10)(H,11,12);1-3H,(H,8,9). The lowest BCUT2D eigenvalue weighted by atomic mass is 10.3. The van der Waals surface area contributed by atoms with Crippen LogP contribution in [0.25, 0.3) is 0 Å². The van der Waals surface area contributed by atoms with E-state index in [1.807, 2.05) is 0 Å². The Labute approximate surface area is 117 Å². The fraction of sp³-hybridized carbons (Fsp3) is 0. The van der Waals surface area contributed by atoms with Crippen LogP contribution in [0.15, 0.2) is 36.8 Å². The fourth-order valence-corrected chi connectivity index (χ4v) is 1.08. The van der Waals surface area contributed by atoms with Gasteiger partial charge in [0.2, 0.25) is 0 Å². The van der Waals surface area contributed by atoms with Crippen molar-refractivity contribution in [3.63, 3.8) is 0 Å². The minimum Gasteiger partial charge on any atom is -0.477 e. The van der Waals surface area contributed by atoms with Crippen LogP contribution >= 0.6 is 0 Å². The van der Waals surface area contributed by atoms with Crippen LogP contribution in [-0.4, -0.2) is 48.2 Å². The minimum atomic E-state index is -1.24. The van der Waals surface area contributed by atoms with Gasteiger partial charge in [-0.25, -0.2) is 24.4 Å². The lowest BCUT2D eigenvalue weighted by Gasteiger charge is -1.94. The molecule has 0 amide bonds. The summed E-state index contributed by atoms with van der Waals surface area (Å²) in [6.45, 7) is 0. The van der Waals surface area contributed by atoms with Crippen molar-refractivity contribution in [2.24, 2.45) is 0 Å². The number of aromatic carboxylic acids is 3. The number of carbonyl (C=O) groups is 3. The Bertz CT molecular complexity index is 630. The van der Waals surface area contributed by atoms with Crippen molar-refractivity contribution in [3.8, 4) is 0 Å². The van der Waals surface area contributed by atoms with Crippen molar-refractivity contribution in [2.75, 3.05) is 0 Å². The number of aromatic nitrogens is 3. The lowest BCUT2D eigenvalue weighted by Crippen LogP contribution is -2.06. The normalized spacial score (nSPS) is 9.14. The molecule has 21 heavy (non-hydrogen) atoms. The lowest BCUT2D eigenvalue weighted by molar-refractivity contribution is 0.0672. The highest BCUT2D eigenvalue weighted by Crippen LogP contribution is 1.98. The minimum absolute atomic E-state index is 0.0301. The summed E-state index contributed by atoms with van der Waals surface area (Å²) in [4.78, 5) is 41.2. The average Bonchev–Trinajstić information content (AvgIpc) is 2.49. The van der Waals surface area contributed by atoms with Crippen LogP contribution in [0.1, 0.15) is 31.5 Å². The molecule has 0 aliphatic rings. The molecule has 0 unspecified atom stereocenters. The van der Waals surface area contributed by atoms with Crippen molar-refractivity contribution in [1.29, 1.82) is 0 Å². The molecule has 0 spiro atoms. The van der Waals surface area contributed by atoms with E-state index in [2.05, 4.69) is 15.0 Å². The Hall–Kier alpha value is -3.36. The number of rotatable bonds is 3. The van der Waals surface area contributed by atoms with Crippen LogP contribution in [0.2, 0.25) is 0 Å². The zero-order chi connectivity index (χ0) is 15.8. The average molecular weight is 291 g/mol. The largest absolute Gasteiger partial charge is 0.477 e. The van der Waals surface area contributed by atoms with Gasteiger partial charge >= 0.3 is 17.9 Å². The molecule has 2 aromatic heterocycles. The Morgan fingerprint density at radius 3 is 1.67 bits per heavy atom. The first-order valence-electron chi connectivity index (χ1n) is 5.34. The van der Waals surface area contributed by atoms with E-state index in [-0.39, 0.29) is 17.1 Å². The number of nitrogens with zero attached hydrogens (tertiary/aromatic N) is 3. The van der Waals surface area contributed by atoms with Crippen molar-refractivity contribution in [2.45, 2.75) is 0 Å².